The molecule has 0 aliphatic heterocycles. The maximum absolute atomic E-state index is 12.7. The first-order valence-corrected chi connectivity index (χ1v) is 11.5. The van der Waals surface area contributed by atoms with Gasteiger partial charge >= 0.3 is 12.1 Å². The van der Waals surface area contributed by atoms with Gasteiger partial charge in [0, 0.05) is 11.5 Å². The van der Waals surface area contributed by atoms with Gasteiger partial charge in [-0.25, -0.2) is 4.79 Å². The minimum atomic E-state index is -0.861. The number of esters is 1. The Morgan fingerprint density at radius 3 is 2.12 bits per heavy atom. The molecule has 2 rings (SSSR count). The second-order valence-electron chi connectivity index (χ2n) is 8.06. The molecule has 2 aromatic carbocycles. The molecule has 0 bridgehead atoms. The van der Waals surface area contributed by atoms with Crippen LogP contribution in [-0.2, 0) is 31.4 Å². The van der Waals surface area contributed by atoms with Crippen molar-refractivity contribution in [2.45, 2.75) is 44.8 Å². The Hall–Kier alpha value is -3.00. The average Bonchev–Trinajstić information content (AvgIpc) is 2.75. The molecule has 0 aromatic heterocycles. The first-order valence-electron chi connectivity index (χ1n) is 10.3. The van der Waals surface area contributed by atoms with Gasteiger partial charge in [0.05, 0.1) is 0 Å². The van der Waals surface area contributed by atoms with Gasteiger partial charge in [0.25, 0.3) is 0 Å². The van der Waals surface area contributed by atoms with Crippen LogP contribution < -0.4 is 10.6 Å². The number of benzene rings is 2. The molecule has 2 N–H and O–H groups in total. The molecular weight excluding hydrogens is 431 g/mol. The number of carbonyl (C=O) groups excluding carboxylic acids is 3. The molecule has 0 unspecified atom stereocenters. The fraction of sp³-hybridized carbons (Fsp3) is 0.375. The number of hydrogen-bond acceptors (Lipinski definition) is 6. The van der Waals surface area contributed by atoms with Gasteiger partial charge in [-0.05, 0) is 31.9 Å². The van der Waals surface area contributed by atoms with E-state index in [1.165, 1.54) is 11.8 Å². The Kier molecular flexibility index (Phi) is 10.1. The summed E-state index contributed by atoms with van der Waals surface area (Å²) in [6.45, 7) is 5.07. The Bertz CT molecular complexity index is 869. The zero-order valence-corrected chi connectivity index (χ0v) is 19.4. The molecule has 2 amide bonds. The van der Waals surface area contributed by atoms with Crippen LogP contribution in [-0.4, -0.2) is 41.9 Å². The molecule has 8 heteroatoms. The van der Waals surface area contributed by atoms with Gasteiger partial charge in [0.2, 0.25) is 5.91 Å². The van der Waals surface area contributed by atoms with Crippen LogP contribution in [0.4, 0.5) is 4.79 Å². The third kappa shape index (κ3) is 10.3. The van der Waals surface area contributed by atoms with Crippen LogP contribution in [0, 0.1) is 0 Å². The molecule has 0 saturated heterocycles. The minimum Gasteiger partial charge on any atom is -0.460 e. The molecule has 0 aliphatic carbocycles. The largest absolute Gasteiger partial charge is 0.460 e. The number of hydrogen-bond donors (Lipinski definition) is 2. The Morgan fingerprint density at radius 2 is 1.53 bits per heavy atom. The van der Waals surface area contributed by atoms with E-state index in [0.29, 0.717) is 11.5 Å². The molecule has 7 nitrogen and oxygen atoms in total. The van der Waals surface area contributed by atoms with Crippen LogP contribution >= 0.6 is 11.8 Å². The van der Waals surface area contributed by atoms with Gasteiger partial charge in [-0.3, -0.25) is 9.59 Å². The summed E-state index contributed by atoms with van der Waals surface area (Å²) in [5, 5.41) is 5.13. The van der Waals surface area contributed by atoms with E-state index in [4.69, 9.17) is 9.47 Å². The highest BCUT2D eigenvalue weighted by molar-refractivity contribution is 7.98. The lowest BCUT2D eigenvalue weighted by molar-refractivity contribution is -0.145. The number of nitrogens with one attached hydrogen (secondary N) is 2. The van der Waals surface area contributed by atoms with Crippen molar-refractivity contribution in [1.29, 1.82) is 0 Å². The topological polar surface area (TPSA) is 93.7 Å². The standard InChI is InChI=1S/C24H30N2O5S/c1-24(2,3)31-23(29)26-20(17-32-16-19-12-8-5-9-13-19)22(28)25-14-21(27)30-15-18-10-6-4-7-11-18/h4-13,20H,14-17H2,1-3H3,(H,25,28)(H,26,29)/t20-/m0/s1/i14+1,21+1,25+1. The molecule has 0 spiro atoms. The van der Waals surface area contributed by atoms with E-state index in [1.807, 2.05) is 60.7 Å². The van der Waals surface area contributed by atoms with Crippen LogP contribution in [0.2, 0.25) is 0 Å². The average molecular weight is 462 g/mol. The summed E-state index contributed by atoms with van der Waals surface area (Å²) in [6.07, 6.45) is -0.690. The van der Waals surface area contributed by atoms with Crippen LogP contribution in [0.3, 0.4) is 0 Å². The third-order valence-corrected chi connectivity index (χ3v) is 5.16. The van der Waals surface area contributed by atoms with Gasteiger partial charge < -0.3 is 20.1 Å². The Morgan fingerprint density at radius 1 is 0.938 bits per heavy atom. The fourth-order valence-corrected chi connectivity index (χ4v) is 3.59. The molecule has 0 aliphatic rings. The Balaban J connectivity index is 1.86. The molecule has 0 saturated carbocycles. The van der Waals surface area contributed by atoms with Crippen molar-refractivity contribution in [2.24, 2.45) is 0 Å². The minimum absolute atomic E-state index is 0.127. The summed E-state index contributed by atoms with van der Waals surface area (Å²) in [4.78, 5) is 36.9. The lowest BCUT2D eigenvalue weighted by Gasteiger charge is -2.23. The van der Waals surface area contributed by atoms with Crippen molar-refractivity contribution in [3.05, 3.63) is 71.8 Å². The van der Waals surface area contributed by atoms with Crippen molar-refractivity contribution >= 4 is 29.7 Å². The molecule has 0 fully saturated rings. The molecule has 0 radical (unpaired) electrons. The highest BCUT2D eigenvalue weighted by Crippen LogP contribution is 2.14. The zero-order valence-electron chi connectivity index (χ0n) is 18.6. The van der Waals surface area contributed by atoms with Crippen LogP contribution in [0.1, 0.15) is 31.9 Å². The van der Waals surface area contributed by atoms with E-state index in [2.05, 4.69) is 10.6 Å². The summed E-state index contributed by atoms with van der Waals surface area (Å²) in [6, 6.07) is 18.2. The van der Waals surface area contributed by atoms with Gasteiger partial charge in [0.15, 0.2) is 0 Å². The summed E-state index contributed by atoms with van der Waals surface area (Å²) in [5.74, 6) is -0.0399. The summed E-state index contributed by atoms with van der Waals surface area (Å²) in [7, 11) is 0. The van der Waals surface area contributed by atoms with E-state index in [1.54, 1.807) is 20.8 Å². The second kappa shape index (κ2) is 12.8. The van der Waals surface area contributed by atoms with Crippen molar-refractivity contribution in [1.82, 2.24) is 10.6 Å². The lowest BCUT2D eigenvalue weighted by Crippen LogP contribution is -2.50. The SMILES string of the molecule is CC(C)(C)OC(=O)N[C@@H](CSCc1ccccc1)C(=O)[15NH][13CH2][13C](=O)OCc1ccccc1. The molecule has 1 atom stereocenters. The molecule has 0 heterocycles. The summed E-state index contributed by atoms with van der Waals surface area (Å²) >= 11 is 1.50. The van der Waals surface area contributed by atoms with Crippen LogP contribution in [0.5, 0.6) is 0 Å². The van der Waals surface area contributed by atoms with Gasteiger partial charge in [-0.2, -0.15) is 11.8 Å². The Labute approximate surface area is 193 Å². The smallest absolute Gasteiger partial charge is 0.408 e. The number of alkyl carbamates (subject to hydrolysis) is 1. The van der Waals surface area contributed by atoms with E-state index in [9.17, 15) is 14.4 Å². The molecule has 172 valence electrons. The van der Waals surface area contributed by atoms with Gasteiger partial charge in [0.1, 0.15) is 24.8 Å². The predicted molar refractivity (Wildman–Crippen MR) is 125 cm³/mol. The van der Waals surface area contributed by atoms with Crippen LogP contribution in [0.25, 0.3) is 0 Å². The maximum atomic E-state index is 12.7. The van der Waals surface area contributed by atoms with E-state index in [-0.39, 0.29) is 13.2 Å². The van der Waals surface area contributed by atoms with Crippen molar-refractivity contribution in [2.75, 3.05) is 12.3 Å². The van der Waals surface area contributed by atoms with Crippen LogP contribution in [0.15, 0.2) is 60.7 Å². The zero-order chi connectivity index (χ0) is 23.4. The van der Waals surface area contributed by atoms with E-state index < -0.39 is 29.6 Å². The summed E-state index contributed by atoms with van der Waals surface area (Å²) < 4.78 is 10.4. The molecule has 2 aromatic rings. The molecular formula is C24H30N2O5S. The monoisotopic (exact) mass is 461 g/mol. The number of rotatable bonds is 10. The quantitative estimate of drug-likeness (QED) is 0.319. The number of amides is 2. The van der Waals surface area contributed by atoms with Gasteiger partial charge in [-0.1, -0.05) is 60.7 Å². The molecule has 32 heavy (non-hydrogen) atoms. The second-order valence-corrected chi connectivity index (χ2v) is 9.09. The highest BCUT2D eigenvalue weighted by atomic mass is 32.2. The number of ether oxygens (including phenoxy) is 2. The van der Waals surface area contributed by atoms with E-state index >= 15 is 0 Å². The number of carbonyl (C=O) groups is 3. The van der Waals surface area contributed by atoms with Crippen molar-refractivity contribution < 1.29 is 23.9 Å². The maximum Gasteiger partial charge on any atom is 0.408 e. The number of thioether (sulfide) groups is 1. The van der Waals surface area contributed by atoms with E-state index in [0.717, 1.165) is 11.1 Å². The first kappa shape index (κ1) is 25.3. The fourth-order valence-electron chi connectivity index (χ4n) is 2.57. The third-order valence-electron chi connectivity index (χ3n) is 4.05. The summed E-state index contributed by atoms with van der Waals surface area (Å²) in [5.41, 5.74) is 1.27. The first-order chi connectivity index (χ1) is 15.2. The highest BCUT2D eigenvalue weighted by Gasteiger charge is 2.25. The normalized spacial score (nSPS) is 11.8. The predicted octanol–water partition coefficient (Wildman–Crippen LogP) is 3.67. The van der Waals surface area contributed by atoms with Gasteiger partial charge in [-0.15, -0.1) is 0 Å². The lowest BCUT2D eigenvalue weighted by atomic mass is 10.2. The van der Waals surface area contributed by atoms with Crippen molar-refractivity contribution in [3.8, 4) is 0 Å². The van der Waals surface area contributed by atoms with Crippen molar-refractivity contribution in [3.63, 3.8) is 0 Å².